The van der Waals surface area contributed by atoms with Crippen LogP contribution in [-0.2, 0) is 28.0 Å². The fourth-order valence-electron chi connectivity index (χ4n) is 8.51. The van der Waals surface area contributed by atoms with Gasteiger partial charge in [-0.25, -0.2) is 4.98 Å². The van der Waals surface area contributed by atoms with Gasteiger partial charge in [-0.05, 0) is 126 Å². The molecule has 6 aromatic carbocycles. The molecule has 0 amide bonds. The zero-order valence-electron chi connectivity index (χ0n) is 51.0. The van der Waals surface area contributed by atoms with E-state index in [2.05, 4.69) is 107 Å². The van der Waals surface area contributed by atoms with Gasteiger partial charge >= 0.3 is 0 Å². The van der Waals surface area contributed by atoms with E-state index in [9.17, 15) is 7.85 Å². The molecule has 0 aliphatic rings. The van der Waals surface area contributed by atoms with E-state index in [1.807, 2.05) is 73.9 Å². The third-order valence-corrected chi connectivity index (χ3v) is 12.3. The average molecular weight is 895 g/mol. The molecule has 67 heavy (non-hydrogen) atoms. The minimum atomic E-state index is -1.78. The minimum Gasteiger partial charge on any atom is -0.507 e. The lowest BCUT2D eigenvalue weighted by Gasteiger charge is -2.28. The fourth-order valence-corrected chi connectivity index (χ4v) is 8.51. The van der Waals surface area contributed by atoms with Crippen LogP contribution < -0.4 is 0 Å². The molecule has 0 unspecified atom stereocenters. The first-order valence-electron chi connectivity index (χ1n) is 27.8. The van der Waals surface area contributed by atoms with Crippen LogP contribution in [0.5, 0.6) is 5.75 Å². The Morgan fingerprint density at radius 1 is 0.537 bits per heavy atom. The van der Waals surface area contributed by atoms with E-state index in [-0.39, 0.29) is 57.3 Å². The minimum absolute atomic E-state index is 0.0476. The summed E-state index contributed by atoms with van der Waals surface area (Å²) in [4.78, 5) is 10.4. The molecular weight excluding hydrogens is 815 g/mol. The zero-order chi connectivity index (χ0) is 56.3. The van der Waals surface area contributed by atoms with Crippen molar-refractivity contribution in [2.45, 2.75) is 132 Å². The van der Waals surface area contributed by atoms with Crippen LogP contribution in [0.25, 0.3) is 72.7 Å². The molecule has 0 spiro atoms. The second-order valence-corrected chi connectivity index (χ2v) is 23.1. The first-order valence-corrected chi connectivity index (χ1v) is 23.3. The van der Waals surface area contributed by atoms with E-state index in [0.717, 1.165) is 38.9 Å². The SMILES string of the molecule is [2H]c1cc(C([2H])([2H])C(C)(C)C)cc([2H])c1-c1ccnc(-c2cc(-c3cccc4c3nc(-c3cc(C(C)(C)C)cc(C(C)(C)C)c3O)n4-c3ccc(C(C)(C)C)cc3-c3c([2H])c([2H])c([2H])c([2H])c3[2H])cc(C(C)(C)C)c2)c1. The Hall–Kier alpha value is -6.26. The summed E-state index contributed by atoms with van der Waals surface area (Å²) in [5.41, 5.74) is 8.21. The third kappa shape index (κ3) is 9.91. The highest BCUT2D eigenvalue weighted by Gasteiger charge is 2.30. The van der Waals surface area contributed by atoms with Gasteiger partial charge in [0.2, 0.25) is 0 Å². The fraction of sp³-hybridized carbons (Fsp3) is 0.333. The highest BCUT2D eigenvalue weighted by molar-refractivity contribution is 5.98. The van der Waals surface area contributed by atoms with Crippen molar-refractivity contribution >= 4 is 11.0 Å². The molecule has 4 nitrogen and oxygen atoms in total. The van der Waals surface area contributed by atoms with Crippen molar-refractivity contribution in [3.05, 3.63) is 167 Å². The number of hydrogen-bond acceptors (Lipinski definition) is 3. The van der Waals surface area contributed by atoms with Gasteiger partial charge < -0.3 is 5.11 Å². The number of pyridine rings is 1. The number of para-hydroxylation sites is 1. The Morgan fingerprint density at radius 2 is 1.16 bits per heavy atom. The van der Waals surface area contributed by atoms with E-state index in [1.54, 1.807) is 12.3 Å². The summed E-state index contributed by atoms with van der Waals surface area (Å²) in [6, 6.07) is 26.9. The standard InChI is InChI=1S/C63H71N3O/c1-59(2,3)39-40-24-26-41(27-25-40)43-30-31-64-53(35-43)45-32-44(33-47(34-45)61(7,8)9)49-22-19-23-55-56(49)65-58(51-37-48(62(10,11)12)38-52(57(51)67)63(13,14)15)66(55)54-29-28-46(60(4,5)6)36-50(54)42-20-17-16-18-21-42/h16-38,67H,39H2,1-15H3/i16D,17D,18D,20D,21D,26D,27D,39D2. The Bertz CT molecular complexity index is 3580. The number of benzene rings is 6. The van der Waals surface area contributed by atoms with E-state index in [0.29, 0.717) is 50.5 Å². The topological polar surface area (TPSA) is 50.9 Å². The zero-order valence-corrected chi connectivity index (χ0v) is 42.0. The second kappa shape index (κ2) is 17.1. The Labute approximate surface area is 413 Å². The van der Waals surface area contributed by atoms with Gasteiger partial charge in [-0.2, -0.15) is 0 Å². The van der Waals surface area contributed by atoms with Crippen LogP contribution in [0.4, 0.5) is 0 Å². The van der Waals surface area contributed by atoms with Crippen molar-refractivity contribution in [2.24, 2.45) is 5.41 Å². The number of rotatable bonds is 7. The van der Waals surface area contributed by atoms with Gasteiger partial charge in [0.15, 0.2) is 0 Å². The molecule has 0 aliphatic carbocycles. The van der Waals surface area contributed by atoms with Crippen LogP contribution in [0.15, 0.2) is 139 Å². The summed E-state index contributed by atoms with van der Waals surface area (Å²) >= 11 is 0. The van der Waals surface area contributed by atoms with Crippen LogP contribution in [0.3, 0.4) is 0 Å². The molecule has 0 radical (unpaired) electrons. The lowest BCUT2D eigenvalue weighted by Crippen LogP contribution is -2.17. The maximum absolute atomic E-state index is 12.7. The van der Waals surface area contributed by atoms with Crippen molar-refractivity contribution in [3.63, 3.8) is 0 Å². The van der Waals surface area contributed by atoms with Crippen LogP contribution in [0.1, 0.15) is 144 Å². The van der Waals surface area contributed by atoms with E-state index < -0.39 is 35.3 Å². The number of imidazole rings is 1. The molecule has 8 aromatic rings. The van der Waals surface area contributed by atoms with Gasteiger partial charge in [0.25, 0.3) is 0 Å². The predicted octanol–water partition coefficient (Wildman–Crippen LogP) is 17.2. The molecule has 2 aromatic heterocycles. The molecule has 0 aliphatic heterocycles. The molecule has 1 N–H and O–H groups in total. The van der Waals surface area contributed by atoms with Crippen LogP contribution in [0, 0.1) is 5.41 Å². The van der Waals surface area contributed by atoms with Crippen molar-refractivity contribution in [2.75, 3.05) is 0 Å². The molecule has 0 fully saturated rings. The Balaban J connectivity index is 1.46. The molecule has 344 valence electrons. The summed E-state index contributed by atoms with van der Waals surface area (Å²) in [6.45, 7) is 30.6. The van der Waals surface area contributed by atoms with Crippen LogP contribution in [-0.4, -0.2) is 19.6 Å². The van der Waals surface area contributed by atoms with Gasteiger partial charge in [0.1, 0.15) is 11.6 Å². The van der Waals surface area contributed by atoms with Crippen molar-refractivity contribution < 1.29 is 17.4 Å². The number of aromatic hydroxyl groups is 1. The lowest BCUT2D eigenvalue weighted by atomic mass is 9.79. The van der Waals surface area contributed by atoms with Gasteiger partial charge in [-0.15, -0.1) is 0 Å². The monoisotopic (exact) mass is 895 g/mol. The molecule has 2 heterocycles. The summed E-state index contributed by atoms with van der Waals surface area (Å²) < 4.78 is 82.6. The van der Waals surface area contributed by atoms with E-state index >= 15 is 0 Å². The number of phenolic OH excluding ortho intramolecular Hbond substituents is 1. The Kier molecular flexibility index (Phi) is 9.40. The van der Waals surface area contributed by atoms with Crippen LogP contribution in [0.2, 0.25) is 0 Å². The molecule has 0 saturated heterocycles. The summed E-state index contributed by atoms with van der Waals surface area (Å²) in [6.07, 6.45) is -0.106. The van der Waals surface area contributed by atoms with Crippen LogP contribution >= 0.6 is 0 Å². The molecule has 0 saturated carbocycles. The van der Waals surface area contributed by atoms with Crippen molar-refractivity contribution in [1.29, 1.82) is 0 Å². The average Bonchev–Trinajstić information content (AvgIpc) is 3.71. The predicted molar refractivity (Wildman–Crippen MR) is 286 cm³/mol. The van der Waals surface area contributed by atoms with Crippen molar-refractivity contribution in [1.82, 2.24) is 14.5 Å². The second-order valence-electron chi connectivity index (χ2n) is 23.1. The maximum Gasteiger partial charge on any atom is 0.149 e. The van der Waals surface area contributed by atoms with Gasteiger partial charge in [-0.3, -0.25) is 9.55 Å². The number of hydrogen-bond donors (Lipinski definition) is 1. The third-order valence-electron chi connectivity index (χ3n) is 12.3. The number of fused-ring (bicyclic) bond motifs is 1. The maximum atomic E-state index is 12.7. The number of nitrogens with zero attached hydrogens (tertiary/aromatic N) is 3. The number of phenols is 1. The first-order chi connectivity index (χ1) is 34.9. The highest BCUT2D eigenvalue weighted by atomic mass is 16.3. The molecule has 4 heteroatoms. The summed E-state index contributed by atoms with van der Waals surface area (Å²) in [5.74, 6) is 0.459. The lowest BCUT2D eigenvalue weighted by molar-refractivity contribution is 0.411. The smallest absolute Gasteiger partial charge is 0.149 e. The summed E-state index contributed by atoms with van der Waals surface area (Å²) in [5, 5.41) is 12.7. The highest BCUT2D eigenvalue weighted by Crippen LogP contribution is 2.46. The van der Waals surface area contributed by atoms with Crippen molar-refractivity contribution in [3.8, 4) is 67.5 Å². The molecule has 8 rings (SSSR count). The molecule has 0 bridgehead atoms. The molecular formula is C63H71N3O. The quantitative estimate of drug-likeness (QED) is 0.173. The van der Waals surface area contributed by atoms with E-state index in [1.165, 1.54) is 12.1 Å². The van der Waals surface area contributed by atoms with Gasteiger partial charge in [0, 0.05) is 31.2 Å². The van der Waals surface area contributed by atoms with E-state index in [4.69, 9.17) is 19.6 Å². The number of aromatic nitrogens is 3. The Morgan fingerprint density at radius 3 is 1.79 bits per heavy atom. The molecule has 0 atom stereocenters. The van der Waals surface area contributed by atoms with Gasteiger partial charge in [0.05, 0.1) is 37.6 Å². The summed E-state index contributed by atoms with van der Waals surface area (Å²) in [7, 11) is 0. The normalized spacial score (nSPS) is 14.9. The largest absolute Gasteiger partial charge is 0.507 e. The van der Waals surface area contributed by atoms with Gasteiger partial charge in [-0.1, -0.05) is 189 Å². The first kappa shape index (κ1) is 36.8.